The molecule has 0 aromatic rings. The molecule has 2 aliphatic rings. The van der Waals surface area contributed by atoms with Gasteiger partial charge in [0.2, 0.25) is 0 Å². The van der Waals surface area contributed by atoms with Crippen molar-refractivity contribution in [3.63, 3.8) is 0 Å². The summed E-state index contributed by atoms with van der Waals surface area (Å²) < 4.78 is 0. The van der Waals surface area contributed by atoms with Gasteiger partial charge in [0, 0.05) is 6.04 Å². The van der Waals surface area contributed by atoms with Crippen LogP contribution in [0, 0.1) is 5.41 Å². The van der Waals surface area contributed by atoms with Gasteiger partial charge in [-0.3, -0.25) is 0 Å². The highest BCUT2D eigenvalue weighted by atomic mass is 15.2. The van der Waals surface area contributed by atoms with Crippen LogP contribution in [-0.2, 0) is 0 Å². The molecule has 2 fully saturated rings. The predicted molar refractivity (Wildman–Crippen MR) is 74.3 cm³/mol. The zero-order chi connectivity index (χ0) is 12.1. The van der Waals surface area contributed by atoms with Crippen LogP contribution in [0.3, 0.4) is 0 Å². The van der Waals surface area contributed by atoms with Crippen LogP contribution in [0.5, 0.6) is 0 Å². The summed E-state index contributed by atoms with van der Waals surface area (Å²) in [6, 6.07) is 0.794. The Hall–Kier alpha value is -0.0800. The van der Waals surface area contributed by atoms with Gasteiger partial charge in [-0.25, -0.2) is 0 Å². The van der Waals surface area contributed by atoms with Crippen molar-refractivity contribution in [2.24, 2.45) is 5.41 Å². The van der Waals surface area contributed by atoms with E-state index in [9.17, 15) is 0 Å². The molecule has 0 aromatic carbocycles. The summed E-state index contributed by atoms with van der Waals surface area (Å²) in [6.07, 6.45) is 11.7. The standard InChI is InChI=1S/C15H30N2/c1-14(6-5-11-16-2)17-12-9-15(10-13-17)7-3-4-8-15/h14,16H,3-13H2,1-2H3. The molecule has 2 heteroatoms. The molecular weight excluding hydrogens is 208 g/mol. The Morgan fingerprint density at radius 3 is 2.35 bits per heavy atom. The monoisotopic (exact) mass is 238 g/mol. The molecule has 0 bridgehead atoms. The lowest BCUT2D eigenvalue weighted by atomic mass is 9.77. The topological polar surface area (TPSA) is 15.3 Å². The minimum Gasteiger partial charge on any atom is -0.320 e. The van der Waals surface area contributed by atoms with Gasteiger partial charge in [-0.2, -0.15) is 0 Å². The Kier molecular flexibility index (Phi) is 4.87. The summed E-state index contributed by atoms with van der Waals surface area (Å²) >= 11 is 0. The molecule has 0 radical (unpaired) electrons. The van der Waals surface area contributed by atoms with Gasteiger partial charge in [0.05, 0.1) is 0 Å². The van der Waals surface area contributed by atoms with Crippen LogP contribution in [0.15, 0.2) is 0 Å². The first-order chi connectivity index (χ1) is 8.26. The molecule has 1 aliphatic carbocycles. The van der Waals surface area contributed by atoms with Crippen molar-refractivity contribution in [3.8, 4) is 0 Å². The summed E-state index contributed by atoms with van der Waals surface area (Å²) in [4.78, 5) is 2.74. The van der Waals surface area contributed by atoms with Gasteiger partial charge >= 0.3 is 0 Å². The van der Waals surface area contributed by atoms with Crippen LogP contribution in [0.1, 0.15) is 58.3 Å². The molecule has 1 saturated heterocycles. The highest BCUT2D eigenvalue weighted by Crippen LogP contribution is 2.46. The summed E-state index contributed by atoms with van der Waals surface area (Å²) in [7, 11) is 2.05. The maximum atomic E-state index is 3.25. The van der Waals surface area contributed by atoms with Gasteiger partial charge in [0.15, 0.2) is 0 Å². The smallest absolute Gasteiger partial charge is 0.00674 e. The van der Waals surface area contributed by atoms with E-state index in [-0.39, 0.29) is 0 Å². The number of hydrogen-bond acceptors (Lipinski definition) is 2. The van der Waals surface area contributed by atoms with Crippen LogP contribution in [0.25, 0.3) is 0 Å². The van der Waals surface area contributed by atoms with Crippen molar-refractivity contribution >= 4 is 0 Å². The van der Waals surface area contributed by atoms with Crippen LogP contribution < -0.4 is 5.32 Å². The molecule has 1 N–H and O–H groups in total. The molecule has 1 unspecified atom stereocenters. The van der Waals surface area contributed by atoms with Crippen molar-refractivity contribution in [3.05, 3.63) is 0 Å². The number of nitrogens with zero attached hydrogens (tertiary/aromatic N) is 1. The third-order valence-corrected chi connectivity index (χ3v) is 5.19. The van der Waals surface area contributed by atoms with E-state index in [1.807, 2.05) is 0 Å². The highest BCUT2D eigenvalue weighted by molar-refractivity contribution is 4.90. The van der Waals surface area contributed by atoms with Gasteiger partial charge in [0.25, 0.3) is 0 Å². The second-order valence-corrected chi connectivity index (χ2v) is 6.34. The summed E-state index contributed by atoms with van der Waals surface area (Å²) in [5, 5.41) is 3.25. The van der Waals surface area contributed by atoms with Crippen LogP contribution in [-0.4, -0.2) is 37.6 Å². The molecule has 2 nitrogen and oxygen atoms in total. The van der Waals surface area contributed by atoms with E-state index in [4.69, 9.17) is 0 Å². The minimum atomic E-state index is 0.779. The summed E-state index contributed by atoms with van der Waals surface area (Å²) in [5.41, 5.74) is 0.779. The molecular formula is C15H30N2. The van der Waals surface area contributed by atoms with Crippen molar-refractivity contribution in [2.45, 2.75) is 64.3 Å². The lowest BCUT2D eigenvalue weighted by molar-refractivity contribution is 0.0780. The highest BCUT2D eigenvalue weighted by Gasteiger charge is 2.37. The maximum Gasteiger partial charge on any atom is 0.00674 e. The van der Waals surface area contributed by atoms with E-state index in [2.05, 4.69) is 24.2 Å². The summed E-state index contributed by atoms with van der Waals surface area (Å²) in [5.74, 6) is 0. The Morgan fingerprint density at radius 1 is 1.12 bits per heavy atom. The molecule has 100 valence electrons. The molecule has 2 rings (SSSR count). The fourth-order valence-corrected chi connectivity index (χ4v) is 3.82. The molecule has 17 heavy (non-hydrogen) atoms. The Morgan fingerprint density at radius 2 is 1.76 bits per heavy atom. The van der Waals surface area contributed by atoms with E-state index in [0.29, 0.717) is 0 Å². The molecule has 1 heterocycles. The average Bonchev–Trinajstić information content (AvgIpc) is 2.79. The van der Waals surface area contributed by atoms with Crippen LogP contribution in [0.4, 0.5) is 0 Å². The van der Waals surface area contributed by atoms with Gasteiger partial charge in [-0.1, -0.05) is 12.8 Å². The van der Waals surface area contributed by atoms with Crippen LogP contribution >= 0.6 is 0 Å². The third kappa shape index (κ3) is 3.45. The summed E-state index contributed by atoms with van der Waals surface area (Å²) in [6.45, 7) is 6.31. The van der Waals surface area contributed by atoms with Crippen molar-refractivity contribution in [1.29, 1.82) is 0 Å². The normalized spacial score (nSPS) is 26.5. The van der Waals surface area contributed by atoms with Gasteiger partial charge < -0.3 is 10.2 Å². The second kappa shape index (κ2) is 6.19. The van der Waals surface area contributed by atoms with Crippen LogP contribution in [0.2, 0.25) is 0 Å². The van der Waals surface area contributed by atoms with E-state index < -0.39 is 0 Å². The lowest BCUT2D eigenvalue weighted by Crippen LogP contribution is -2.43. The van der Waals surface area contributed by atoms with E-state index in [0.717, 1.165) is 11.5 Å². The van der Waals surface area contributed by atoms with Gasteiger partial charge in [-0.05, 0) is 77.5 Å². The number of likely N-dealkylation sites (tertiary alicyclic amines) is 1. The predicted octanol–water partition coefficient (Wildman–Crippen LogP) is 3.03. The molecule has 1 atom stereocenters. The number of rotatable bonds is 5. The quantitative estimate of drug-likeness (QED) is 0.741. The van der Waals surface area contributed by atoms with Gasteiger partial charge in [-0.15, -0.1) is 0 Å². The first kappa shape index (κ1) is 13.4. The Bertz CT molecular complexity index is 211. The first-order valence-corrected chi connectivity index (χ1v) is 7.64. The largest absolute Gasteiger partial charge is 0.320 e. The van der Waals surface area contributed by atoms with Gasteiger partial charge in [0.1, 0.15) is 0 Å². The lowest BCUT2D eigenvalue weighted by Gasteiger charge is -2.42. The van der Waals surface area contributed by atoms with E-state index >= 15 is 0 Å². The SMILES string of the molecule is CNCCCC(C)N1CCC2(CCCC2)CC1. The maximum absolute atomic E-state index is 3.25. The van der Waals surface area contributed by atoms with E-state index in [1.54, 1.807) is 0 Å². The fourth-order valence-electron chi connectivity index (χ4n) is 3.82. The van der Waals surface area contributed by atoms with Crippen molar-refractivity contribution in [1.82, 2.24) is 10.2 Å². The number of piperidine rings is 1. The average molecular weight is 238 g/mol. The van der Waals surface area contributed by atoms with Crippen molar-refractivity contribution in [2.75, 3.05) is 26.7 Å². The zero-order valence-electron chi connectivity index (χ0n) is 11.8. The first-order valence-electron chi connectivity index (χ1n) is 7.64. The number of nitrogens with one attached hydrogen (secondary N) is 1. The zero-order valence-corrected chi connectivity index (χ0v) is 11.8. The third-order valence-electron chi connectivity index (χ3n) is 5.19. The molecule has 0 amide bonds. The molecule has 1 saturated carbocycles. The fraction of sp³-hybridized carbons (Fsp3) is 1.00. The Balaban J connectivity index is 1.70. The Labute approximate surface area is 107 Å². The molecule has 1 spiro atoms. The minimum absolute atomic E-state index is 0.779. The second-order valence-electron chi connectivity index (χ2n) is 6.34. The molecule has 1 aliphatic heterocycles. The number of hydrogen-bond donors (Lipinski definition) is 1. The van der Waals surface area contributed by atoms with E-state index in [1.165, 1.54) is 71.0 Å². The van der Waals surface area contributed by atoms with Crippen molar-refractivity contribution < 1.29 is 0 Å². The molecule has 0 aromatic heterocycles.